The third-order valence-electron chi connectivity index (χ3n) is 6.88. The number of primary amides is 1. The van der Waals surface area contributed by atoms with Gasteiger partial charge in [0.2, 0.25) is 17.8 Å². The number of aromatic nitrogens is 2. The topological polar surface area (TPSA) is 113 Å². The minimum atomic E-state index is -0.293. The van der Waals surface area contributed by atoms with E-state index in [0.717, 1.165) is 11.3 Å². The molecule has 4 N–H and O–H groups in total. The zero-order valence-corrected chi connectivity index (χ0v) is 18.6. The summed E-state index contributed by atoms with van der Waals surface area (Å²) in [6, 6.07) is 7.88. The molecule has 4 rings (SSSR count). The lowest BCUT2D eigenvalue weighted by atomic mass is 9.58. The van der Waals surface area contributed by atoms with E-state index in [1.54, 1.807) is 18.1 Å². The Balaban J connectivity index is 1.42. The molecule has 0 radical (unpaired) electrons. The van der Waals surface area contributed by atoms with Crippen molar-refractivity contribution in [3.8, 4) is 12.3 Å². The molecule has 166 valence electrons. The second-order valence-corrected chi connectivity index (χ2v) is 9.03. The molecule has 0 saturated heterocycles. The first kappa shape index (κ1) is 21.6. The largest absolute Gasteiger partial charge is 0.369 e. The Labute approximate surface area is 188 Å². The van der Waals surface area contributed by atoms with Crippen molar-refractivity contribution < 1.29 is 9.59 Å². The number of anilines is 3. The van der Waals surface area contributed by atoms with Crippen LogP contribution in [0, 0.1) is 23.7 Å². The van der Waals surface area contributed by atoms with Gasteiger partial charge >= 0.3 is 0 Å². The molecule has 8 heteroatoms. The fourth-order valence-corrected chi connectivity index (χ4v) is 4.68. The minimum Gasteiger partial charge on any atom is -0.369 e. The zero-order valence-electron chi connectivity index (χ0n) is 18.6. The van der Waals surface area contributed by atoms with Crippen LogP contribution >= 0.6 is 0 Å². The van der Waals surface area contributed by atoms with Crippen molar-refractivity contribution in [3.05, 3.63) is 41.6 Å². The number of nitrogens with one attached hydrogen (secondary N) is 2. The molecule has 2 heterocycles. The number of carbonyl (C=O) groups excluding carboxylic acids is 2. The van der Waals surface area contributed by atoms with Crippen molar-refractivity contribution in [2.24, 2.45) is 17.1 Å². The van der Waals surface area contributed by atoms with E-state index in [1.807, 2.05) is 38.1 Å². The van der Waals surface area contributed by atoms with Crippen LogP contribution in [0.1, 0.15) is 43.7 Å². The van der Waals surface area contributed by atoms with Crippen molar-refractivity contribution in [1.82, 2.24) is 9.97 Å². The average molecular weight is 433 g/mol. The molecule has 1 aromatic heterocycles. The minimum absolute atomic E-state index is 0.0259. The van der Waals surface area contributed by atoms with E-state index in [9.17, 15) is 9.59 Å². The molecule has 1 saturated carbocycles. The number of fused-ring (bicyclic) bond motifs is 1. The molecule has 1 aliphatic carbocycles. The molecule has 2 aromatic rings. The maximum absolute atomic E-state index is 12.6. The normalized spacial score (nSPS) is 23.1. The van der Waals surface area contributed by atoms with Crippen molar-refractivity contribution in [2.45, 2.75) is 38.6 Å². The van der Waals surface area contributed by atoms with Crippen LogP contribution < -0.4 is 21.3 Å². The predicted molar refractivity (Wildman–Crippen MR) is 124 cm³/mol. The Hall–Kier alpha value is -3.60. The third-order valence-corrected chi connectivity index (χ3v) is 6.88. The van der Waals surface area contributed by atoms with Gasteiger partial charge < -0.3 is 21.3 Å². The number of nitrogens with zero attached hydrogens (tertiary/aromatic N) is 3. The molecular weight excluding hydrogens is 404 g/mol. The molecule has 2 amide bonds. The van der Waals surface area contributed by atoms with Gasteiger partial charge in [-0.15, -0.1) is 6.42 Å². The standard InChI is InChI=1S/C24H28N6O2/c1-5-14-13-27-23(29-21(14)28-19-12-17(20(25)31)24(19,2)3)26-11-10-16-15-8-6-7-9-18(15)30(4)22(16)32/h1,6-9,13,16-17,19H,10-12H2,2-4H3,(H2,25,31)(H2,26,27,28,29)/t16?,17-,19-/m1/s1. The van der Waals surface area contributed by atoms with Crippen LogP contribution in [0.15, 0.2) is 30.5 Å². The fourth-order valence-electron chi connectivity index (χ4n) is 4.68. The molecule has 2 aliphatic rings. The summed E-state index contributed by atoms with van der Waals surface area (Å²) in [5.41, 5.74) is 7.76. The van der Waals surface area contributed by atoms with E-state index in [2.05, 4.69) is 26.5 Å². The summed E-state index contributed by atoms with van der Waals surface area (Å²) in [5, 5.41) is 6.58. The summed E-state index contributed by atoms with van der Waals surface area (Å²) in [6.07, 6.45) is 8.48. The highest BCUT2D eigenvalue weighted by atomic mass is 16.2. The molecule has 32 heavy (non-hydrogen) atoms. The first-order valence-corrected chi connectivity index (χ1v) is 10.7. The van der Waals surface area contributed by atoms with Gasteiger partial charge in [-0.25, -0.2) is 4.98 Å². The number of likely N-dealkylation sites (N-methyl/N-ethyl adjacent to an activating group) is 1. The van der Waals surface area contributed by atoms with Gasteiger partial charge in [-0.1, -0.05) is 38.0 Å². The summed E-state index contributed by atoms with van der Waals surface area (Å²) in [6.45, 7) is 4.55. The van der Waals surface area contributed by atoms with Crippen LogP contribution in [0.4, 0.5) is 17.5 Å². The van der Waals surface area contributed by atoms with Gasteiger partial charge in [0.25, 0.3) is 0 Å². The van der Waals surface area contributed by atoms with Gasteiger partial charge in [-0.3, -0.25) is 9.59 Å². The summed E-state index contributed by atoms with van der Waals surface area (Å²) < 4.78 is 0. The smallest absolute Gasteiger partial charge is 0.234 e. The second-order valence-electron chi connectivity index (χ2n) is 9.03. The molecule has 0 bridgehead atoms. The van der Waals surface area contributed by atoms with Gasteiger partial charge in [0.05, 0.1) is 17.7 Å². The van der Waals surface area contributed by atoms with Crippen LogP contribution in [0.5, 0.6) is 0 Å². The molecular formula is C24H28N6O2. The van der Waals surface area contributed by atoms with E-state index >= 15 is 0 Å². The van der Waals surface area contributed by atoms with Gasteiger partial charge in [0, 0.05) is 31.2 Å². The van der Waals surface area contributed by atoms with Crippen LogP contribution in [-0.4, -0.2) is 41.4 Å². The number of rotatable bonds is 7. The number of benzene rings is 1. The highest BCUT2D eigenvalue weighted by Gasteiger charge is 2.51. The van der Waals surface area contributed by atoms with Gasteiger partial charge in [-0.2, -0.15) is 4.98 Å². The SMILES string of the molecule is C#Cc1cnc(NCCC2C(=O)N(C)c3ccccc32)nc1N[C@@H]1C[C@H](C(N)=O)C1(C)C. The van der Waals surface area contributed by atoms with E-state index in [1.165, 1.54) is 0 Å². The Morgan fingerprint density at radius 2 is 2.12 bits per heavy atom. The number of hydrogen-bond acceptors (Lipinski definition) is 6. The van der Waals surface area contributed by atoms with E-state index in [4.69, 9.17) is 12.2 Å². The number of terminal acetylenes is 1. The summed E-state index contributed by atoms with van der Waals surface area (Å²) in [5.74, 6) is 3.02. The number of para-hydroxylation sites is 1. The highest BCUT2D eigenvalue weighted by molar-refractivity contribution is 6.04. The highest BCUT2D eigenvalue weighted by Crippen LogP contribution is 2.47. The lowest BCUT2D eigenvalue weighted by Crippen LogP contribution is -2.58. The van der Waals surface area contributed by atoms with Crippen molar-refractivity contribution in [1.29, 1.82) is 0 Å². The van der Waals surface area contributed by atoms with Crippen LogP contribution in [0.3, 0.4) is 0 Å². The summed E-state index contributed by atoms with van der Waals surface area (Å²) >= 11 is 0. The van der Waals surface area contributed by atoms with Crippen LogP contribution in [0.25, 0.3) is 0 Å². The van der Waals surface area contributed by atoms with Crippen molar-refractivity contribution in [3.63, 3.8) is 0 Å². The first-order valence-electron chi connectivity index (χ1n) is 10.7. The average Bonchev–Trinajstić information content (AvgIpc) is 3.01. The molecule has 1 aromatic carbocycles. The van der Waals surface area contributed by atoms with Crippen molar-refractivity contribution in [2.75, 3.05) is 29.1 Å². The van der Waals surface area contributed by atoms with Crippen LogP contribution in [0.2, 0.25) is 0 Å². The van der Waals surface area contributed by atoms with Crippen molar-refractivity contribution >= 4 is 29.3 Å². The zero-order chi connectivity index (χ0) is 23.0. The summed E-state index contributed by atoms with van der Waals surface area (Å²) in [7, 11) is 1.80. The lowest BCUT2D eigenvalue weighted by Gasteiger charge is -2.50. The predicted octanol–water partition coefficient (Wildman–Crippen LogP) is 2.33. The molecule has 1 aliphatic heterocycles. The quantitative estimate of drug-likeness (QED) is 0.579. The molecule has 0 spiro atoms. The maximum atomic E-state index is 12.6. The van der Waals surface area contributed by atoms with E-state index in [-0.39, 0.29) is 35.1 Å². The number of nitrogens with two attached hydrogens (primary N) is 1. The van der Waals surface area contributed by atoms with E-state index < -0.39 is 0 Å². The van der Waals surface area contributed by atoms with Gasteiger partial charge in [0.15, 0.2) is 0 Å². The Kier molecular flexibility index (Phi) is 5.51. The first-order chi connectivity index (χ1) is 15.2. The van der Waals surface area contributed by atoms with Gasteiger partial charge in [0.1, 0.15) is 5.82 Å². The van der Waals surface area contributed by atoms with Crippen LogP contribution in [-0.2, 0) is 9.59 Å². The molecule has 3 atom stereocenters. The molecule has 1 fully saturated rings. The maximum Gasteiger partial charge on any atom is 0.234 e. The van der Waals surface area contributed by atoms with Gasteiger partial charge in [-0.05, 0) is 29.9 Å². The fraction of sp³-hybridized carbons (Fsp3) is 0.417. The molecule has 1 unspecified atom stereocenters. The number of amides is 2. The van der Waals surface area contributed by atoms with E-state index in [0.29, 0.717) is 36.7 Å². The Morgan fingerprint density at radius 1 is 1.38 bits per heavy atom. The molecule has 8 nitrogen and oxygen atoms in total. The Morgan fingerprint density at radius 3 is 2.81 bits per heavy atom. The lowest BCUT2D eigenvalue weighted by molar-refractivity contribution is -0.131. The monoisotopic (exact) mass is 432 g/mol. The second kappa shape index (κ2) is 8.15. The number of hydrogen-bond donors (Lipinski definition) is 3. The number of carbonyl (C=O) groups is 2. The summed E-state index contributed by atoms with van der Waals surface area (Å²) in [4.78, 5) is 34.8. The Bertz CT molecular complexity index is 1110. The third kappa shape index (κ3) is 3.64.